The Morgan fingerprint density at radius 1 is 1.53 bits per heavy atom. The molecule has 0 spiro atoms. The van der Waals surface area contributed by atoms with Gasteiger partial charge in [0.15, 0.2) is 0 Å². The van der Waals surface area contributed by atoms with E-state index in [-0.39, 0.29) is 11.8 Å². The summed E-state index contributed by atoms with van der Waals surface area (Å²) < 4.78 is 0. The van der Waals surface area contributed by atoms with Crippen LogP contribution in [0.25, 0.3) is 0 Å². The maximum atomic E-state index is 11.6. The lowest BCUT2D eigenvalue weighted by atomic mass is 10.1. The van der Waals surface area contributed by atoms with Gasteiger partial charge in [0, 0.05) is 19.0 Å². The van der Waals surface area contributed by atoms with Crippen molar-refractivity contribution in [1.29, 1.82) is 0 Å². The molecule has 1 unspecified atom stereocenters. The highest BCUT2D eigenvalue weighted by atomic mass is 16.2. The minimum atomic E-state index is 0.0450. The first kappa shape index (κ1) is 9.85. The highest BCUT2D eigenvalue weighted by Gasteiger charge is 2.30. The molecule has 4 N–H and O–H groups in total. The Labute approximate surface area is 87.3 Å². The van der Waals surface area contributed by atoms with E-state index in [1.54, 1.807) is 11.0 Å². The van der Waals surface area contributed by atoms with E-state index in [4.69, 9.17) is 11.5 Å². The fraction of sp³-hybridized carbons (Fsp3) is 0.444. The minimum Gasteiger partial charge on any atom is -0.384 e. The molecule has 6 heteroatoms. The summed E-state index contributed by atoms with van der Waals surface area (Å²) in [6.45, 7) is 1.13. The first-order chi connectivity index (χ1) is 7.20. The second-order valence-corrected chi connectivity index (χ2v) is 3.61. The van der Waals surface area contributed by atoms with E-state index in [1.807, 2.05) is 0 Å². The van der Waals surface area contributed by atoms with Crippen LogP contribution < -0.4 is 16.4 Å². The molecule has 80 valence electrons. The van der Waals surface area contributed by atoms with Crippen molar-refractivity contribution in [1.82, 2.24) is 9.97 Å². The summed E-state index contributed by atoms with van der Waals surface area (Å²) in [5, 5.41) is 0. The number of carbonyl (C=O) groups is 1. The van der Waals surface area contributed by atoms with Crippen LogP contribution in [0.4, 0.5) is 11.6 Å². The number of carbonyl (C=O) groups excluding carboxylic acids is 1. The summed E-state index contributed by atoms with van der Waals surface area (Å²) in [6.07, 6.45) is 1.84. The standard InChI is InChI=1S/C9H13N5O/c10-3-6-1-9(15)14(4-6)8-2-7(11)12-5-13-8/h2,5-6H,1,3-4,10H2,(H2,11,12,13). The number of hydrogen-bond acceptors (Lipinski definition) is 5. The van der Waals surface area contributed by atoms with Crippen LogP contribution in [0.1, 0.15) is 6.42 Å². The summed E-state index contributed by atoms with van der Waals surface area (Å²) in [5.74, 6) is 1.18. The Bertz CT molecular complexity index is 381. The van der Waals surface area contributed by atoms with Crippen molar-refractivity contribution in [3.8, 4) is 0 Å². The lowest BCUT2D eigenvalue weighted by molar-refractivity contribution is -0.117. The molecule has 1 aromatic heterocycles. The zero-order chi connectivity index (χ0) is 10.8. The summed E-state index contributed by atoms with van der Waals surface area (Å²) in [7, 11) is 0. The molecule has 2 rings (SSSR count). The van der Waals surface area contributed by atoms with Crippen LogP contribution in [-0.4, -0.2) is 29.0 Å². The number of aromatic nitrogens is 2. The molecule has 1 atom stereocenters. The topological polar surface area (TPSA) is 98.1 Å². The van der Waals surface area contributed by atoms with Crippen LogP contribution in [0.3, 0.4) is 0 Å². The van der Waals surface area contributed by atoms with Crippen LogP contribution in [-0.2, 0) is 4.79 Å². The molecule has 0 radical (unpaired) electrons. The van der Waals surface area contributed by atoms with Crippen molar-refractivity contribution >= 4 is 17.5 Å². The fourth-order valence-corrected chi connectivity index (χ4v) is 1.67. The number of nitrogens with zero attached hydrogens (tertiary/aromatic N) is 3. The van der Waals surface area contributed by atoms with E-state index in [0.717, 1.165) is 0 Å². The third-order valence-electron chi connectivity index (χ3n) is 2.49. The fourth-order valence-electron chi connectivity index (χ4n) is 1.67. The molecule has 2 heterocycles. The smallest absolute Gasteiger partial charge is 0.228 e. The van der Waals surface area contributed by atoms with Gasteiger partial charge in [0.2, 0.25) is 5.91 Å². The van der Waals surface area contributed by atoms with Crippen LogP contribution in [0.15, 0.2) is 12.4 Å². The summed E-state index contributed by atoms with van der Waals surface area (Å²) in [6, 6.07) is 1.59. The van der Waals surface area contributed by atoms with Gasteiger partial charge >= 0.3 is 0 Å². The van der Waals surface area contributed by atoms with Gasteiger partial charge in [0.25, 0.3) is 0 Å². The van der Waals surface area contributed by atoms with Gasteiger partial charge in [-0.25, -0.2) is 9.97 Å². The van der Waals surface area contributed by atoms with Crippen LogP contribution in [0.2, 0.25) is 0 Å². The average molecular weight is 207 g/mol. The van der Waals surface area contributed by atoms with Crippen molar-refractivity contribution in [2.24, 2.45) is 11.7 Å². The van der Waals surface area contributed by atoms with Gasteiger partial charge in [-0.3, -0.25) is 9.69 Å². The number of anilines is 2. The zero-order valence-corrected chi connectivity index (χ0v) is 8.26. The Hall–Kier alpha value is -1.69. The number of hydrogen-bond donors (Lipinski definition) is 2. The Morgan fingerprint density at radius 3 is 2.93 bits per heavy atom. The molecule has 0 bridgehead atoms. The third-order valence-corrected chi connectivity index (χ3v) is 2.49. The highest BCUT2D eigenvalue weighted by molar-refractivity contribution is 5.95. The molecule has 1 saturated heterocycles. The zero-order valence-electron chi connectivity index (χ0n) is 8.26. The maximum Gasteiger partial charge on any atom is 0.228 e. The van der Waals surface area contributed by atoms with Crippen molar-refractivity contribution in [3.05, 3.63) is 12.4 Å². The molecular formula is C9H13N5O. The lowest BCUT2D eigenvalue weighted by Crippen LogP contribution is -2.26. The second kappa shape index (κ2) is 3.82. The first-order valence-corrected chi connectivity index (χ1v) is 4.78. The van der Waals surface area contributed by atoms with Gasteiger partial charge in [-0.2, -0.15) is 0 Å². The normalized spacial score (nSPS) is 21.0. The number of rotatable bonds is 2. The molecule has 0 saturated carbocycles. The number of nitrogen functional groups attached to an aromatic ring is 1. The number of nitrogens with two attached hydrogens (primary N) is 2. The van der Waals surface area contributed by atoms with Crippen LogP contribution in [0, 0.1) is 5.92 Å². The molecule has 1 fully saturated rings. The van der Waals surface area contributed by atoms with Crippen molar-refractivity contribution in [2.75, 3.05) is 23.7 Å². The molecule has 1 aromatic rings. The SMILES string of the molecule is NCC1CC(=O)N(c2cc(N)ncn2)C1. The second-order valence-electron chi connectivity index (χ2n) is 3.61. The van der Waals surface area contributed by atoms with Crippen molar-refractivity contribution in [3.63, 3.8) is 0 Å². The monoisotopic (exact) mass is 207 g/mol. The largest absolute Gasteiger partial charge is 0.384 e. The summed E-state index contributed by atoms with van der Waals surface area (Å²) >= 11 is 0. The third kappa shape index (κ3) is 1.89. The van der Waals surface area contributed by atoms with E-state index in [9.17, 15) is 4.79 Å². The molecule has 1 amide bonds. The molecule has 0 aliphatic carbocycles. The van der Waals surface area contributed by atoms with Gasteiger partial charge in [0.05, 0.1) is 0 Å². The van der Waals surface area contributed by atoms with Gasteiger partial charge in [0.1, 0.15) is 18.0 Å². The van der Waals surface area contributed by atoms with Gasteiger partial charge in [-0.05, 0) is 12.5 Å². The highest BCUT2D eigenvalue weighted by Crippen LogP contribution is 2.22. The lowest BCUT2D eigenvalue weighted by Gasteiger charge is -2.14. The molecule has 1 aliphatic heterocycles. The van der Waals surface area contributed by atoms with E-state index in [2.05, 4.69) is 9.97 Å². The Balaban J connectivity index is 2.21. The summed E-state index contributed by atoms with van der Waals surface area (Å²) in [5.41, 5.74) is 11.1. The quantitative estimate of drug-likeness (QED) is 0.672. The van der Waals surface area contributed by atoms with Crippen molar-refractivity contribution in [2.45, 2.75) is 6.42 Å². The summed E-state index contributed by atoms with van der Waals surface area (Å²) in [4.78, 5) is 21.0. The average Bonchev–Trinajstić information content (AvgIpc) is 2.60. The maximum absolute atomic E-state index is 11.6. The van der Waals surface area contributed by atoms with E-state index >= 15 is 0 Å². The molecule has 0 aromatic carbocycles. The van der Waals surface area contributed by atoms with Crippen molar-refractivity contribution < 1.29 is 4.79 Å². The van der Waals surface area contributed by atoms with E-state index in [0.29, 0.717) is 31.1 Å². The van der Waals surface area contributed by atoms with Gasteiger partial charge < -0.3 is 11.5 Å². The molecule has 15 heavy (non-hydrogen) atoms. The predicted molar refractivity (Wildman–Crippen MR) is 56.0 cm³/mol. The van der Waals surface area contributed by atoms with Gasteiger partial charge in [-0.1, -0.05) is 0 Å². The number of amides is 1. The molecule has 6 nitrogen and oxygen atoms in total. The minimum absolute atomic E-state index is 0.0450. The predicted octanol–water partition coefficient (Wildman–Crippen LogP) is -0.630. The van der Waals surface area contributed by atoms with E-state index in [1.165, 1.54) is 6.33 Å². The Kier molecular flexibility index (Phi) is 2.51. The first-order valence-electron chi connectivity index (χ1n) is 4.78. The molecular weight excluding hydrogens is 194 g/mol. The Morgan fingerprint density at radius 2 is 2.33 bits per heavy atom. The van der Waals surface area contributed by atoms with Crippen LogP contribution >= 0.6 is 0 Å². The van der Waals surface area contributed by atoms with Crippen LogP contribution in [0.5, 0.6) is 0 Å². The molecule has 1 aliphatic rings. The van der Waals surface area contributed by atoms with Gasteiger partial charge in [-0.15, -0.1) is 0 Å². The van der Waals surface area contributed by atoms with E-state index < -0.39 is 0 Å².